The Labute approximate surface area is 95.0 Å². The molecule has 8 heteroatoms. The Bertz CT molecular complexity index is 608. The summed E-state index contributed by atoms with van der Waals surface area (Å²) in [4.78, 5) is 11.5. The van der Waals surface area contributed by atoms with Crippen LogP contribution in [0.2, 0.25) is 0 Å². The van der Waals surface area contributed by atoms with Crippen LogP contribution in [-0.2, 0) is 7.05 Å². The van der Waals surface area contributed by atoms with E-state index in [-0.39, 0.29) is 5.69 Å². The second kappa shape index (κ2) is 3.24. The summed E-state index contributed by atoms with van der Waals surface area (Å²) < 4.78 is 5.42. The van der Waals surface area contributed by atoms with Crippen LogP contribution in [0.25, 0.3) is 0 Å². The van der Waals surface area contributed by atoms with Crippen molar-refractivity contribution in [3.05, 3.63) is 39.7 Å². The lowest BCUT2D eigenvalue weighted by molar-refractivity contribution is -0.385. The van der Waals surface area contributed by atoms with Crippen LogP contribution in [0.3, 0.4) is 0 Å². The number of ether oxygens (including phenoxy) is 1. The van der Waals surface area contributed by atoms with E-state index < -0.39 is 11.0 Å². The maximum Gasteiger partial charge on any atom is 0.270 e. The highest BCUT2D eigenvalue weighted by Crippen LogP contribution is 2.43. The Hall–Kier alpha value is -2.51. The van der Waals surface area contributed by atoms with Crippen LogP contribution in [0.1, 0.15) is 17.5 Å². The lowest BCUT2D eigenvalue weighted by atomic mass is 10.0. The van der Waals surface area contributed by atoms with Crippen molar-refractivity contribution in [3.8, 4) is 5.75 Å². The summed E-state index contributed by atoms with van der Waals surface area (Å²) in [5.74, 6) is 1.02. The van der Waals surface area contributed by atoms with E-state index in [4.69, 9.17) is 4.74 Å². The van der Waals surface area contributed by atoms with Gasteiger partial charge in [0.05, 0.1) is 12.0 Å². The predicted molar refractivity (Wildman–Crippen MR) is 54.4 cm³/mol. The second-order valence-electron chi connectivity index (χ2n) is 3.61. The lowest BCUT2D eigenvalue weighted by Gasteiger charge is -2.28. The Balaban J connectivity index is 1.98. The smallest absolute Gasteiger partial charge is 0.270 e. The monoisotopic (exact) mass is 233 g/mol. The Kier molecular flexibility index (Phi) is 1.85. The topological polar surface area (TPSA) is 96.0 Å². The number of hydrogen-bond donors (Lipinski definition) is 0. The standard InChI is InChI=1S/C9H7N5O3/c1-13-11-9(10-12-13)8-6-4-5(14(15)16)2-3-7(6)17-8/h2-4,8H,1H3. The van der Waals surface area contributed by atoms with E-state index in [1.807, 2.05) is 0 Å². The molecule has 8 nitrogen and oxygen atoms in total. The van der Waals surface area contributed by atoms with E-state index in [2.05, 4.69) is 15.4 Å². The molecule has 0 saturated carbocycles. The third-order valence-corrected chi connectivity index (χ3v) is 2.49. The van der Waals surface area contributed by atoms with E-state index >= 15 is 0 Å². The van der Waals surface area contributed by atoms with Crippen molar-refractivity contribution >= 4 is 5.69 Å². The largest absolute Gasteiger partial charge is 0.477 e. The summed E-state index contributed by atoms with van der Waals surface area (Å²) in [5, 5.41) is 22.2. The molecule has 1 aliphatic heterocycles. The van der Waals surface area contributed by atoms with Crippen LogP contribution < -0.4 is 4.74 Å². The summed E-state index contributed by atoms with van der Waals surface area (Å²) in [6.45, 7) is 0. The molecule has 0 fully saturated rings. The van der Waals surface area contributed by atoms with Gasteiger partial charge in [0.1, 0.15) is 5.75 Å². The van der Waals surface area contributed by atoms with Crippen molar-refractivity contribution in [3.63, 3.8) is 0 Å². The average Bonchev–Trinajstić information content (AvgIpc) is 2.66. The first-order chi connectivity index (χ1) is 8.15. The molecule has 3 rings (SSSR count). The molecule has 0 saturated heterocycles. The van der Waals surface area contributed by atoms with Gasteiger partial charge in [0, 0.05) is 17.7 Å². The van der Waals surface area contributed by atoms with Gasteiger partial charge in [0.25, 0.3) is 5.69 Å². The van der Waals surface area contributed by atoms with Gasteiger partial charge in [-0.2, -0.15) is 4.80 Å². The number of nitrogens with zero attached hydrogens (tertiary/aromatic N) is 5. The number of nitro benzene ring substituents is 1. The van der Waals surface area contributed by atoms with Gasteiger partial charge in [0.15, 0.2) is 6.10 Å². The first-order valence-corrected chi connectivity index (χ1v) is 4.84. The molecule has 1 aliphatic rings. The first kappa shape index (κ1) is 9.70. The number of non-ortho nitro benzene ring substituents is 1. The molecule has 0 bridgehead atoms. The Morgan fingerprint density at radius 1 is 1.53 bits per heavy atom. The number of nitro groups is 1. The van der Waals surface area contributed by atoms with Crippen LogP contribution in [0.5, 0.6) is 5.75 Å². The highest BCUT2D eigenvalue weighted by atomic mass is 16.6. The summed E-state index contributed by atoms with van der Waals surface area (Å²) >= 11 is 0. The van der Waals surface area contributed by atoms with Crippen LogP contribution in [-0.4, -0.2) is 25.1 Å². The molecule has 2 heterocycles. The number of hydrogen-bond acceptors (Lipinski definition) is 6. The zero-order chi connectivity index (χ0) is 12.0. The molecule has 1 aromatic carbocycles. The van der Waals surface area contributed by atoms with Gasteiger partial charge in [-0.15, -0.1) is 10.2 Å². The molecule has 2 aromatic rings. The third-order valence-electron chi connectivity index (χ3n) is 2.49. The first-order valence-electron chi connectivity index (χ1n) is 4.84. The summed E-state index contributed by atoms with van der Waals surface area (Å²) in [6.07, 6.45) is -0.460. The highest BCUT2D eigenvalue weighted by Gasteiger charge is 2.34. The maximum atomic E-state index is 10.7. The fourth-order valence-corrected chi connectivity index (χ4v) is 1.69. The maximum absolute atomic E-state index is 10.7. The van der Waals surface area contributed by atoms with Gasteiger partial charge in [-0.05, 0) is 11.3 Å². The fourth-order valence-electron chi connectivity index (χ4n) is 1.69. The van der Waals surface area contributed by atoms with Crippen LogP contribution in [0.15, 0.2) is 18.2 Å². The van der Waals surface area contributed by atoms with Gasteiger partial charge in [-0.1, -0.05) is 0 Å². The van der Waals surface area contributed by atoms with Crippen molar-refractivity contribution in [2.45, 2.75) is 6.10 Å². The number of rotatable bonds is 2. The van der Waals surface area contributed by atoms with Crippen molar-refractivity contribution < 1.29 is 9.66 Å². The summed E-state index contributed by atoms with van der Waals surface area (Å²) in [7, 11) is 1.64. The van der Waals surface area contributed by atoms with Crippen molar-refractivity contribution in [2.24, 2.45) is 7.05 Å². The van der Waals surface area contributed by atoms with E-state index in [0.29, 0.717) is 17.1 Å². The average molecular weight is 233 g/mol. The molecule has 86 valence electrons. The van der Waals surface area contributed by atoms with E-state index in [0.717, 1.165) is 0 Å². The molecule has 0 radical (unpaired) electrons. The van der Waals surface area contributed by atoms with Gasteiger partial charge < -0.3 is 4.74 Å². The lowest BCUT2D eigenvalue weighted by Crippen LogP contribution is -2.21. The van der Waals surface area contributed by atoms with Gasteiger partial charge in [-0.25, -0.2) is 0 Å². The highest BCUT2D eigenvalue weighted by molar-refractivity contribution is 5.51. The Morgan fingerprint density at radius 3 is 3.00 bits per heavy atom. The zero-order valence-electron chi connectivity index (χ0n) is 8.77. The zero-order valence-corrected chi connectivity index (χ0v) is 8.77. The molecule has 0 amide bonds. The number of tetrazole rings is 1. The minimum Gasteiger partial charge on any atom is -0.477 e. The second-order valence-corrected chi connectivity index (χ2v) is 3.61. The quantitative estimate of drug-likeness (QED) is 0.556. The molecule has 0 aliphatic carbocycles. The number of aromatic nitrogens is 4. The van der Waals surface area contributed by atoms with Crippen LogP contribution in [0.4, 0.5) is 5.69 Å². The molecular formula is C9H7N5O3. The predicted octanol–water partition coefficient (Wildman–Crippen LogP) is 0.600. The molecule has 17 heavy (non-hydrogen) atoms. The van der Waals surface area contributed by atoms with E-state index in [1.54, 1.807) is 13.1 Å². The fraction of sp³-hybridized carbons (Fsp3) is 0.222. The molecule has 0 N–H and O–H groups in total. The minimum atomic E-state index is -0.460. The molecule has 0 spiro atoms. The molecule has 1 aromatic heterocycles. The summed E-state index contributed by atoms with van der Waals surface area (Å²) in [5.41, 5.74) is 0.744. The van der Waals surface area contributed by atoms with Crippen LogP contribution >= 0.6 is 0 Å². The molecule has 1 atom stereocenters. The Morgan fingerprint density at radius 2 is 2.35 bits per heavy atom. The number of fused-ring (bicyclic) bond motifs is 1. The van der Waals surface area contributed by atoms with Gasteiger partial charge in [-0.3, -0.25) is 10.1 Å². The van der Waals surface area contributed by atoms with Gasteiger partial charge >= 0.3 is 0 Å². The van der Waals surface area contributed by atoms with Crippen molar-refractivity contribution in [2.75, 3.05) is 0 Å². The van der Waals surface area contributed by atoms with E-state index in [1.165, 1.54) is 16.9 Å². The molecule has 1 unspecified atom stereocenters. The minimum absolute atomic E-state index is 0.0286. The van der Waals surface area contributed by atoms with Crippen LogP contribution in [0, 0.1) is 10.1 Å². The molecular weight excluding hydrogens is 226 g/mol. The SMILES string of the molecule is Cn1nnc(C2Oc3ccc([N+](=O)[O-])cc32)n1. The number of aryl methyl sites for hydroxylation is 1. The van der Waals surface area contributed by atoms with Gasteiger partial charge in [0.2, 0.25) is 5.82 Å². The number of benzene rings is 1. The summed E-state index contributed by atoms with van der Waals surface area (Å²) in [6, 6.07) is 4.44. The van der Waals surface area contributed by atoms with E-state index in [9.17, 15) is 10.1 Å². The normalized spacial score (nSPS) is 16.9. The van der Waals surface area contributed by atoms with Crippen molar-refractivity contribution in [1.82, 2.24) is 20.2 Å². The third kappa shape index (κ3) is 1.41. The van der Waals surface area contributed by atoms with Crippen molar-refractivity contribution in [1.29, 1.82) is 0 Å².